The van der Waals surface area contributed by atoms with Crippen molar-refractivity contribution in [1.29, 1.82) is 0 Å². The molecule has 3 heteroatoms. The predicted octanol–water partition coefficient (Wildman–Crippen LogP) is 4.48. The molecule has 1 aromatic carbocycles. The van der Waals surface area contributed by atoms with E-state index in [0.717, 1.165) is 19.0 Å². The molecule has 1 saturated carbocycles. The van der Waals surface area contributed by atoms with E-state index in [2.05, 4.69) is 18.8 Å². The van der Waals surface area contributed by atoms with Crippen molar-refractivity contribution in [3.63, 3.8) is 0 Å². The quantitative estimate of drug-likeness (QED) is 0.759. The second kappa shape index (κ2) is 5.64. The number of benzene rings is 1. The standard InChI is InChI=1S/C15H19Cl2N/c1-3-15(2,10-18-12-5-6-12)9-11-4-7-13(16)14(17)8-11/h3-4,7-8,12,18H,1,5-6,9-10H2,2H3. The van der Waals surface area contributed by atoms with Gasteiger partial charge in [0.05, 0.1) is 10.0 Å². The Morgan fingerprint density at radius 3 is 2.67 bits per heavy atom. The largest absolute Gasteiger partial charge is 0.313 e. The summed E-state index contributed by atoms with van der Waals surface area (Å²) in [5.41, 5.74) is 1.25. The van der Waals surface area contributed by atoms with Crippen molar-refractivity contribution < 1.29 is 0 Å². The van der Waals surface area contributed by atoms with Gasteiger partial charge in [0.2, 0.25) is 0 Å². The molecular weight excluding hydrogens is 265 g/mol. The highest BCUT2D eigenvalue weighted by Crippen LogP contribution is 2.29. The van der Waals surface area contributed by atoms with Crippen molar-refractivity contribution in [2.45, 2.75) is 32.2 Å². The monoisotopic (exact) mass is 283 g/mol. The molecule has 0 spiro atoms. The van der Waals surface area contributed by atoms with Crippen LogP contribution in [0.25, 0.3) is 0 Å². The molecule has 1 nitrogen and oxygen atoms in total. The van der Waals surface area contributed by atoms with E-state index in [4.69, 9.17) is 23.2 Å². The van der Waals surface area contributed by atoms with E-state index >= 15 is 0 Å². The second-order valence-corrected chi connectivity index (χ2v) is 6.25. The summed E-state index contributed by atoms with van der Waals surface area (Å²) in [5, 5.41) is 4.79. The molecule has 2 rings (SSSR count). The van der Waals surface area contributed by atoms with Crippen LogP contribution in [0.1, 0.15) is 25.3 Å². The maximum absolute atomic E-state index is 6.05. The number of nitrogens with one attached hydrogen (secondary N) is 1. The van der Waals surface area contributed by atoms with E-state index in [1.807, 2.05) is 24.3 Å². The number of rotatable bonds is 6. The van der Waals surface area contributed by atoms with Crippen molar-refractivity contribution in [1.82, 2.24) is 5.32 Å². The van der Waals surface area contributed by atoms with Crippen LogP contribution < -0.4 is 5.32 Å². The van der Waals surface area contributed by atoms with Gasteiger partial charge in [-0.15, -0.1) is 6.58 Å². The lowest BCUT2D eigenvalue weighted by molar-refractivity contribution is 0.389. The summed E-state index contributed by atoms with van der Waals surface area (Å²) in [5.74, 6) is 0. The smallest absolute Gasteiger partial charge is 0.0595 e. The SMILES string of the molecule is C=CC(C)(CNC1CC1)Cc1ccc(Cl)c(Cl)c1. The Balaban J connectivity index is 2.02. The fourth-order valence-corrected chi connectivity index (χ4v) is 2.31. The molecule has 1 N–H and O–H groups in total. The Morgan fingerprint density at radius 2 is 2.11 bits per heavy atom. The lowest BCUT2D eigenvalue weighted by Crippen LogP contribution is -2.33. The molecule has 0 heterocycles. The van der Waals surface area contributed by atoms with Gasteiger partial charge >= 0.3 is 0 Å². The van der Waals surface area contributed by atoms with Gasteiger partial charge in [-0.05, 0) is 37.0 Å². The highest BCUT2D eigenvalue weighted by atomic mass is 35.5. The van der Waals surface area contributed by atoms with Crippen LogP contribution in [-0.2, 0) is 6.42 Å². The molecule has 1 aliphatic rings. The van der Waals surface area contributed by atoms with Crippen LogP contribution >= 0.6 is 23.2 Å². The number of hydrogen-bond donors (Lipinski definition) is 1. The first-order valence-electron chi connectivity index (χ1n) is 6.33. The zero-order chi connectivity index (χ0) is 13.2. The lowest BCUT2D eigenvalue weighted by atomic mass is 9.83. The molecule has 18 heavy (non-hydrogen) atoms. The molecule has 1 fully saturated rings. The minimum absolute atomic E-state index is 0.0553. The lowest BCUT2D eigenvalue weighted by Gasteiger charge is -2.26. The zero-order valence-electron chi connectivity index (χ0n) is 10.7. The van der Waals surface area contributed by atoms with E-state index < -0.39 is 0 Å². The highest BCUT2D eigenvalue weighted by Gasteiger charge is 2.26. The summed E-state index contributed by atoms with van der Waals surface area (Å²) in [6.45, 7) is 7.15. The van der Waals surface area contributed by atoms with Crippen LogP contribution in [0.4, 0.5) is 0 Å². The molecule has 0 bridgehead atoms. The maximum atomic E-state index is 6.05. The van der Waals surface area contributed by atoms with Crippen LogP contribution in [0.2, 0.25) is 10.0 Å². The van der Waals surface area contributed by atoms with Gasteiger partial charge in [-0.2, -0.15) is 0 Å². The first kappa shape index (κ1) is 13.9. The molecule has 0 aromatic heterocycles. The third kappa shape index (κ3) is 3.74. The summed E-state index contributed by atoms with van der Waals surface area (Å²) in [7, 11) is 0. The number of hydrogen-bond acceptors (Lipinski definition) is 1. The minimum Gasteiger partial charge on any atom is -0.313 e. The Kier molecular flexibility index (Phi) is 4.37. The van der Waals surface area contributed by atoms with Crippen LogP contribution in [0.15, 0.2) is 30.9 Å². The van der Waals surface area contributed by atoms with Gasteiger partial charge in [0.15, 0.2) is 0 Å². The molecule has 0 saturated heterocycles. The molecule has 0 aliphatic heterocycles. The van der Waals surface area contributed by atoms with E-state index in [1.54, 1.807) is 0 Å². The second-order valence-electron chi connectivity index (χ2n) is 5.44. The van der Waals surface area contributed by atoms with Gasteiger partial charge in [-0.1, -0.05) is 42.3 Å². The Labute approximate surface area is 119 Å². The third-order valence-electron chi connectivity index (χ3n) is 3.46. The van der Waals surface area contributed by atoms with Crippen molar-refractivity contribution >= 4 is 23.2 Å². The Morgan fingerprint density at radius 1 is 1.39 bits per heavy atom. The van der Waals surface area contributed by atoms with Crippen molar-refractivity contribution in [3.8, 4) is 0 Å². The summed E-state index contributed by atoms with van der Waals surface area (Å²) in [6, 6.07) is 6.56. The molecule has 1 unspecified atom stereocenters. The van der Waals surface area contributed by atoms with Gasteiger partial charge in [0.1, 0.15) is 0 Å². The molecule has 1 atom stereocenters. The third-order valence-corrected chi connectivity index (χ3v) is 4.20. The minimum atomic E-state index is 0.0553. The van der Waals surface area contributed by atoms with Crippen LogP contribution in [0.5, 0.6) is 0 Å². The fraction of sp³-hybridized carbons (Fsp3) is 0.467. The molecule has 0 amide bonds. The average molecular weight is 284 g/mol. The fourth-order valence-electron chi connectivity index (χ4n) is 1.99. The van der Waals surface area contributed by atoms with Crippen LogP contribution in [0, 0.1) is 5.41 Å². The first-order chi connectivity index (χ1) is 8.52. The van der Waals surface area contributed by atoms with Gasteiger partial charge in [-0.3, -0.25) is 0 Å². The summed E-state index contributed by atoms with van der Waals surface area (Å²) < 4.78 is 0. The van der Waals surface area contributed by atoms with Crippen molar-refractivity contribution in [2.75, 3.05) is 6.54 Å². The number of halogens is 2. The van der Waals surface area contributed by atoms with E-state index in [1.165, 1.54) is 18.4 Å². The van der Waals surface area contributed by atoms with Gasteiger partial charge in [0.25, 0.3) is 0 Å². The molecule has 0 radical (unpaired) electrons. The van der Waals surface area contributed by atoms with Crippen LogP contribution in [-0.4, -0.2) is 12.6 Å². The van der Waals surface area contributed by atoms with Gasteiger partial charge in [-0.25, -0.2) is 0 Å². The molecular formula is C15H19Cl2N. The molecule has 1 aromatic rings. The summed E-state index contributed by atoms with van der Waals surface area (Å²) in [4.78, 5) is 0. The van der Waals surface area contributed by atoms with Crippen LogP contribution in [0.3, 0.4) is 0 Å². The topological polar surface area (TPSA) is 12.0 Å². The Hall–Kier alpha value is -0.500. The van der Waals surface area contributed by atoms with E-state index in [0.29, 0.717) is 10.0 Å². The average Bonchev–Trinajstić information content (AvgIpc) is 3.16. The van der Waals surface area contributed by atoms with Crippen molar-refractivity contribution in [2.24, 2.45) is 5.41 Å². The zero-order valence-corrected chi connectivity index (χ0v) is 12.2. The van der Waals surface area contributed by atoms with E-state index in [9.17, 15) is 0 Å². The van der Waals surface area contributed by atoms with E-state index in [-0.39, 0.29) is 5.41 Å². The first-order valence-corrected chi connectivity index (χ1v) is 7.09. The highest BCUT2D eigenvalue weighted by molar-refractivity contribution is 6.42. The van der Waals surface area contributed by atoms with Crippen molar-refractivity contribution in [3.05, 3.63) is 46.5 Å². The maximum Gasteiger partial charge on any atom is 0.0595 e. The molecule has 98 valence electrons. The molecule has 1 aliphatic carbocycles. The van der Waals surface area contributed by atoms with Gasteiger partial charge in [0, 0.05) is 18.0 Å². The summed E-state index contributed by atoms with van der Waals surface area (Å²) >= 11 is 12.0. The predicted molar refractivity (Wildman–Crippen MR) is 79.5 cm³/mol. The normalized spacial score (nSPS) is 18.4. The summed E-state index contributed by atoms with van der Waals surface area (Å²) in [6.07, 6.45) is 5.57. The Bertz CT molecular complexity index is 440. The van der Waals surface area contributed by atoms with Gasteiger partial charge < -0.3 is 5.32 Å².